The highest BCUT2D eigenvalue weighted by atomic mass is 32.2. The Morgan fingerprint density at radius 3 is 2.43 bits per heavy atom. The number of rotatable bonds is 12. The van der Waals surface area contributed by atoms with Crippen LogP contribution in [0, 0.1) is 6.92 Å². The molecule has 3 aromatic carbocycles. The molecule has 0 spiro atoms. The Labute approximate surface area is 292 Å². The summed E-state index contributed by atoms with van der Waals surface area (Å²) >= 11 is 2.56. The number of thiophene rings is 1. The first-order chi connectivity index (χ1) is 23.7. The van der Waals surface area contributed by atoms with Gasteiger partial charge in [-0.15, -0.1) is 23.1 Å². The molecule has 248 valence electrons. The predicted molar refractivity (Wildman–Crippen MR) is 196 cm³/mol. The zero-order chi connectivity index (χ0) is 34.8. The quantitative estimate of drug-likeness (QED) is 0.0692. The molecule has 5 rings (SSSR count). The van der Waals surface area contributed by atoms with Gasteiger partial charge in [-0.3, -0.25) is 19.4 Å². The van der Waals surface area contributed by atoms with Gasteiger partial charge in [0.1, 0.15) is 16.3 Å². The fourth-order valence-electron chi connectivity index (χ4n) is 4.69. The average Bonchev–Trinajstić information content (AvgIpc) is 3.52. The van der Waals surface area contributed by atoms with E-state index in [0.29, 0.717) is 32.9 Å². The van der Waals surface area contributed by atoms with Gasteiger partial charge in [0.05, 0.1) is 11.9 Å². The number of hydrogen-bond acceptors (Lipinski definition) is 8. The van der Waals surface area contributed by atoms with Crippen molar-refractivity contribution in [1.29, 1.82) is 0 Å². The molecule has 0 aliphatic carbocycles. The second-order valence-corrected chi connectivity index (χ2v) is 13.1. The number of nitrogens with one attached hydrogen (secondary N) is 3. The summed E-state index contributed by atoms with van der Waals surface area (Å²) < 4.78 is 5.34. The smallest absolute Gasteiger partial charge is 0.341 e. The lowest BCUT2D eigenvalue weighted by atomic mass is 10.0. The van der Waals surface area contributed by atoms with E-state index >= 15 is 0 Å². The molecule has 0 bridgehead atoms. The number of carbonyl (C=O) groups is 4. The third-order valence-electron chi connectivity index (χ3n) is 7.17. The molecule has 2 aromatic heterocycles. The zero-order valence-corrected chi connectivity index (χ0v) is 28.7. The molecule has 5 aromatic rings. The Balaban J connectivity index is 1.29. The van der Waals surface area contributed by atoms with E-state index in [4.69, 9.17) is 4.74 Å². The van der Waals surface area contributed by atoms with Gasteiger partial charge in [-0.1, -0.05) is 60.2 Å². The molecule has 11 heteroatoms. The number of nitrogens with zero attached hydrogens (tertiary/aromatic N) is 1. The molecule has 1 unspecified atom stereocenters. The number of ether oxygens (including phenoxy) is 1. The summed E-state index contributed by atoms with van der Waals surface area (Å²) in [7, 11) is 0. The summed E-state index contributed by atoms with van der Waals surface area (Å²) in [5, 5.41) is 10.2. The molecular weight excluding hydrogens is 657 g/mol. The molecule has 0 aliphatic heterocycles. The Morgan fingerprint density at radius 2 is 1.71 bits per heavy atom. The van der Waals surface area contributed by atoms with E-state index < -0.39 is 23.0 Å². The van der Waals surface area contributed by atoms with E-state index in [9.17, 15) is 19.2 Å². The van der Waals surface area contributed by atoms with Crippen molar-refractivity contribution in [2.45, 2.75) is 30.9 Å². The van der Waals surface area contributed by atoms with Crippen LogP contribution in [0.1, 0.15) is 45.7 Å². The topological polar surface area (TPSA) is 126 Å². The van der Waals surface area contributed by atoms with Crippen LogP contribution in [0.3, 0.4) is 0 Å². The fraction of sp³-hybridized carbons (Fsp3) is 0.132. The molecule has 0 saturated heterocycles. The van der Waals surface area contributed by atoms with Gasteiger partial charge < -0.3 is 20.7 Å². The first-order valence-electron chi connectivity index (χ1n) is 15.4. The SMILES string of the molecule is CCOC(=O)c1c(-c2ccc(C)cc2)csc1NC(=O)C(C)Sc1cccc(NC(=O)/C(=C/c2cccnc2)NC(=O)c2ccccc2)c1. The Hall–Kier alpha value is -5.52. The highest BCUT2D eigenvalue weighted by Gasteiger charge is 2.25. The molecule has 0 saturated carbocycles. The van der Waals surface area contributed by atoms with Crippen molar-refractivity contribution in [1.82, 2.24) is 10.3 Å². The number of anilines is 2. The number of carbonyl (C=O) groups excluding carboxylic acids is 4. The van der Waals surface area contributed by atoms with Crippen molar-refractivity contribution in [2.24, 2.45) is 0 Å². The average molecular weight is 691 g/mol. The molecule has 49 heavy (non-hydrogen) atoms. The van der Waals surface area contributed by atoms with Gasteiger partial charge in [0.25, 0.3) is 11.8 Å². The fourth-order valence-corrected chi connectivity index (χ4v) is 6.58. The molecule has 0 radical (unpaired) electrons. The second kappa shape index (κ2) is 16.5. The van der Waals surface area contributed by atoms with Crippen LogP contribution in [0.4, 0.5) is 10.7 Å². The van der Waals surface area contributed by atoms with Crippen molar-refractivity contribution in [3.05, 3.63) is 137 Å². The van der Waals surface area contributed by atoms with Gasteiger partial charge in [-0.2, -0.15) is 0 Å². The van der Waals surface area contributed by atoms with Gasteiger partial charge in [0.2, 0.25) is 5.91 Å². The van der Waals surface area contributed by atoms with Crippen molar-refractivity contribution in [2.75, 3.05) is 17.2 Å². The molecule has 3 N–H and O–H groups in total. The van der Waals surface area contributed by atoms with Crippen LogP contribution in [0.25, 0.3) is 17.2 Å². The lowest BCUT2D eigenvalue weighted by molar-refractivity contribution is -0.115. The maximum absolute atomic E-state index is 13.5. The molecule has 0 aliphatic rings. The van der Waals surface area contributed by atoms with E-state index in [2.05, 4.69) is 20.9 Å². The summed E-state index contributed by atoms with van der Waals surface area (Å²) in [6.07, 6.45) is 4.75. The molecule has 1 atom stereocenters. The lowest BCUT2D eigenvalue weighted by Gasteiger charge is -2.14. The normalized spacial score (nSPS) is 11.7. The number of esters is 1. The van der Waals surface area contributed by atoms with Crippen LogP contribution in [0.2, 0.25) is 0 Å². The van der Waals surface area contributed by atoms with Gasteiger partial charge in [-0.05, 0) is 74.4 Å². The van der Waals surface area contributed by atoms with Crippen LogP contribution < -0.4 is 16.0 Å². The summed E-state index contributed by atoms with van der Waals surface area (Å²) in [5.41, 5.74) is 4.50. The van der Waals surface area contributed by atoms with Crippen LogP contribution in [-0.2, 0) is 14.3 Å². The maximum atomic E-state index is 13.5. The van der Waals surface area contributed by atoms with E-state index in [1.807, 2.05) is 42.6 Å². The van der Waals surface area contributed by atoms with Gasteiger partial charge in [0.15, 0.2) is 0 Å². The van der Waals surface area contributed by atoms with Crippen molar-refractivity contribution in [3.8, 4) is 11.1 Å². The number of hydrogen-bond donors (Lipinski definition) is 3. The monoisotopic (exact) mass is 690 g/mol. The Bertz CT molecular complexity index is 1980. The minimum absolute atomic E-state index is 0.0333. The van der Waals surface area contributed by atoms with E-state index in [1.54, 1.807) is 93.0 Å². The molecular formula is C38H34N4O5S2. The zero-order valence-electron chi connectivity index (χ0n) is 27.1. The molecule has 9 nitrogen and oxygen atoms in total. The van der Waals surface area contributed by atoms with Crippen molar-refractivity contribution < 1.29 is 23.9 Å². The Morgan fingerprint density at radius 1 is 0.939 bits per heavy atom. The standard InChI is InChI=1S/C38H34N4O5S2/c1-4-47-38(46)33-31(27-17-15-24(2)16-18-27)23-48-37(33)42-34(43)25(3)49-30-14-8-13-29(21-30)40-36(45)32(20-26-10-9-19-39-22-26)41-35(44)28-11-6-5-7-12-28/h5-23,25H,4H2,1-3H3,(H,40,45)(H,41,44)(H,42,43)/b32-20-. The number of pyridine rings is 1. The first-order valence-corrected chi connectivity index (χ1v) is 17.2. The minimum atomic E-state index is -0.558. The number of thioether (sulfide) groups is 1. The number of benzene rings is 3. The van der Waals surface area contributed by atoms with Crippen LogP contribution in [0.5, 0.6) is 0 Å². The summed E-state index contributed by atoms with van der Waals surface area (Å²) in [6, 6.07) is 27.0. The van der Waals surface area contributed by atoms with E-state index in [-0.39, 0.29) is 18.2 Å². The largest absolute Gasteiger partial charge is 0.462 e. The van der Waals surface area contributed by atoms with E-state index in [0.717, 1.165) is 16.0 Å². The van der Waals surface area contributed by atoms with Crippen LogP contribution in [0.15, 0.2) is 119 Å². The number of amides is 3. The first kappa shape index (κ1) is 34.8. The van der Waals surface area contributed by atoms with E-state index in [1.165, 1.54) is 23.1 Å². The Kier molecular flexibility index (Phi) is 11.7. The highest BCUT2D eigenvalue weighted by molar-refractivity contribution is 8.00. The lowest BCUT2D eigenvalue weighted by Crippen LogP contribution is -2.30. The third kappa shape index (κ3) is 9.31. The predicted octanol–water partition coefficient (Wildman–Crippen LogP) is 7.82. The van der Waals surface area contributed by atoms with Crippen molar-refractivity contribution in [3.63, 3.8) is 0 Å². The maximum Gasteiger partial charge on any atom is 0.341 e. The molecule has 2 heterocycles. The van der Waals surface area contributed by atoms with Gasteiger partial charge in [0, 0.05) is 39.5 Å². The van der Waals surface area contributed by atoms with Gasteiger partial charge in [-0.25, -0.2) is 4.79 Å². The summed E-state index contributed by atoms with van der Waals surface area (Å²) in [4.78, 5) is 57.6. The summed E-state index contributed by atoms with van der Waals surface area (Å²) in [5.74, 6) is -1.77. The second-order valence-electron chi connectivity index (χ2n) is 10.8. The van der Waals surface area contributed by atoms with Gasteiger partial charge >= 0.3 is 5.97 Å². The molecule has 0 fully saturated rings. The molecule has 3 amide bonds. The van der Waals surface area contributed by atoms with Crippen LogP contribution in [-0.4, -0.2) is 40.5 Å². The highest BCUT2D eigenvalue weighted by Crippen LogP contribution is 2.37. The summed E-state index contributed by atoms with van der Waals surface area (Å²) in [6.45, 7) is 5.69. The van der Waals surface area contributed by atoms with Crippen molar-refractivity contribution >= 4 is 63.6 Å². The van der Waals surface area contributed by atoms with Crippen LogP contribution >= 0.6 is 23.1 Å². The number of aryl methyl sites for hydroxylation is 1. The minimum Gasteiger partial charge on any atom is -0.462 e. The number of aromatic nitrogens is 1. The third-order valence-corrected chi connectivity index (χ3v) is 9.16.